The number of rotatable bonds is 7. The Kier molecular flexibility index (Phi) is 10.1. The molecule has 3 atom stereocenters. The summed E-state index contributed by atoms with van der Waals surface area (Å²) in [5, 5.41) is 3.68. The average Bonchev–Trinajstić information content (AvgIpc) is 2.87. The number of methoxy groups -OCH3 is 1. The predicted octanol–water partition coefficient (Wildman–Crippen LogP) is 5.17. The third-order valence-electron chi connectivity index (χ3n) is 5.78. The van der Waals surface area contributed by atoms with Crippen LogP contribution < -0.4 is 10.1 Å². The van der Waals surface area contributed by atoms with E-state index in [0.717, 1.165) is 31.2 Å². The molecule has 1 unspecified atom stereocenters. The molecule has 0 fully saturated rings. The van der Waals surface area contributed by atoms with Gasteiger partial charge in [-0.05, 0) is 37.5 Å². The molecule has 1 heterocycles. The van der Waals surface area contributed by atoms with E-state index in [2.05, 4.69) is 19.2 Å². The van der Waals surface area contributed by atoms with Gasteiger partial charge in [0.05, 0.1) is 24.1 Å². The first-order valence-corrected chi connectivity index (χ1v) is 14.2. The highest BCUT2D eigenvalue weighted by Crippen LogP contribution is 2.44. The van der Waals surface area contributed by atoms with Crippen molar-refractivity contribution in [1.29, 1.82) is 0 Å². The Labute approximate surface area is 194 Å². The molecule has 8 heteroatoms. The zero-order chi connectivity index (χ0) is 23.8. The Morgan fingerprint density at radius 1 is 1.16 bits per heavy atom. The average molecular weight is 482 g/mol. The van der Waals surface area contributed by atoms with Crippen LogP contribution in [0.3, 0.4) is 0 Å². The summed E-state index contributed by atoms with van der Waals surface area (Å²) >= 11 is 0. The van der Waals surface area contributed by atoms with Gasteiger partial charge in [-0.1, -0.05) is 63.1 Å². The second-order valence-electron chi connectivity index (χ2n) is 8.27. The summed E-state index contributed by atoms with van der Waals surface area (Å²) in [4.78, 5) is 19.4. The minimum absolute atomic E-state index is 0.0220. The molecular weight excluding hydrogens is 445 g/mol. The summed E-state index contributed by atoms with van der Waals surface area (Å²) in [5.74, 6) is 0.929. The molecule has 1 aliphatic heterocycles. The number of benzene rings is 2. The predicted molar refractivity (Wildman–Crippen MR) is 131 cm³/mol. The Hall–Kier alpha value is -1.50. The number of hydrogen-bond acceptors (Lipinski definition) is 4. The monoisotopic (exact) mass is 481 g/mol. The van der Waals surface area contributed by atoms with Crippen LogP contribution in [0.2, 0.25) is 0 Å². The minimum atomic E-state index is -4.25. The van der Waals surface area contributed by atoms with Crippen molar-refractivity contribution in [2.45, 2.75) is 69.1 Å². The molecule has 0 aromatic heterocycles. The molecule has 0 amide bonds. The highest BCUT2D eigenvalue weighted by molar-refractivity contribution is 7.85. The van der Waals surface area contributed by atoms with E-state index in [1.165, 1.54) is 7.11 Å². The van der Waals surface area contributed by atoms with Crippen molar-refractivity contribution in [3.63, 3.8) is 0 Å². The molecule has 3 N–H and O–H groups in total. The van der Waals surface area contributed by atoms with Gasteiger partial charge >= 0.3 is 7.60 Å². The van der Waals surface area contributed by atoms with Crippen molar-refractivity contribution in [2.75, 3.05) is 12.9 Å². The summed E-state index contributed by atoms with van der Waals surface area (Å²) in [5.41, 5.74) is 1.08. The summed E-state index contributed by atoms with van der Waals surface area (Å²) < 4.78 is 30.0. The number of fused-ring (bicyclic) bond motifs is 1. The largest absolute Gasteiger partial charge is 0.496 e. The molecule has 0 radical (unpaired) electrons. The first-order valence-electron chi connectivity index (χ1n) is 11.1. The number of unbranched alkanes of at least 4 members (excludes halogenated alkanes) is 1. The fourth-order valence-electron chi connectivity index (χ4n) is 4.02. The van der Waals surface area contributed by atoms with E-state index >= 15 is 0 Å². The first kappa shape index (κ1) is 26.7. The molecule has 3 rings (SSSR count). The molecule has 6 nitrogen and oxygen atoms in total. The fraction of sp³-hybridized carbons (Fsp3) is 0.500. The maximum Gasteiger partial charge on any atom is 0.330 e. The van der Waals surface area contributed by atoms with E-state index < -0.39 is 24.6 Å². The van der Waals surface area contributed by atoms with E-state index in [1.807, 2.05) is 43.3 Å². The molecule has 2 aromatic carbocycles. The van der Waals surface area contributed by atoms with Crippen LogP contribution in [0.1, 0.15) is 63.6 Å². The van der Waals surface area contributed by atoms with E-state index in [9.17, 15) is 18.6 Å². The first-order chi connectivity index (χ1) is 15.1. The molecule has 0 saturated carbocycles. The van der Waals surface area contributed by atoms with Crippen LogP contribution in [-0.4, -0.2) is 32.4 Å². The van der Waals surface area contributed by atoms with Crippen molar-refractivity contribution < 1.29 is 23.3 Å². The van der Waals surface area contributed by atoms with Crippen LogP contribution in [0.4, 0.5) is 0 Å². The molecule has 2 aromatic rings. The van der Waals surface area contributed by atoms with Gasteiger partial charge in [0.15, 0.2) is 0 Å². The van der Waals surface area contributed by atoms with Crippen LogP contribution >= 0.6 is 7.60 Å². The lowest BCUT2D eigenvalue weighted by Crippen LogP contribution is -2.48. The maximum absolute atomic E-state index is 13.1. The van der Waals surface area contributed by atoms with Crippen molar-refractivity contribution in [2.24, 2.45) is 0 Å². The third-order valence-corrected chi connectivity index (χ3v) is 8.19. The lowest BCUT2D eigenvalue weighted by molar-refractivity contribution is 0.288. The van der Waals surface area contributed by atoms with Gasteiger partial charge in [0, 0.05) is 27.8 Å². The van der Waals surface area contributed by atoms with Crippen molar-refractivity contribution in [1.82, 2.24) is 5.32 Å². The van der Waals surface area contributed by atoms with Crippen LogP contribution in [-0.2, 0) is 21.5 Å². The quantitative estimate of drug-likeness (QED) is 0.472. The Balaban J connectivity index is 0.000000520. The lowest BCUT2D eigenvalue weighted by Gasteiger charge is -2.34. The third kappa shape index (κ3) is 7.53. The number of ether oxygens (including phenoxy) is 1. The van der Waals surface area contributed by atoms with Gasteiger partial charge in [-0.2, -0.15) is 0 Å². The molecule has 178 valence electrons. The zero-order valence-corrected chi connectivity index (χ0v) is 21.1. The Morgan fingerprint density at radius 3 is 2.22 bits per heavy atom. The van der Waals surface area contributed by atoms with Gasteiger partial charge in [0.25, 0.3) is 0 Å². The number of hydrogen-bond donors (Lipinski definition) is 3. The smallest absolute Gasteiger partial charge is 0.330 e. The minimum Gasteiger partial charge on any atom is -0.496 e. The van der Waals surface area contributed by atoms with E-state index in [4.69, 9.17) is 4.74 Å². The summed E-state index contributed by atoms with van der Waals surface area (Å²) in [6.07, 6.45) is 3.56. The summed E-state index contributed by atoms with van der Waals surface area (Å²) in [6.45, 7) is 6.30. The fourth-order valence-corrected chi connectivity index (χ4v) is 6.57. The zero-order valence-electron chi connectivity index (χ0n) is 19.4. The van der Waals surface area contributed by atoms with Crippen molar-refractivity contribution in [3.8, 4) is 5.75 Å². The van der Waals surface area contributed by atoms with Gasteiger partial charge in [0.2, 0.25) is 0 Å². The normalized spacial score (nSPS) is 22.8. The molecular formula is C24H36NO5PS. The lowest BCUT2D eigenvalue weighted by atomic mass is 9.90. The van der Waals surface area contributed by atoms with Gasteiger partial charge < -0.3 is 19.8 Å². The van der Waals surface area contributed by atoms with Gasteiger partial charge in [-0.3, -0.25) is 8.77 Å². The van der Waals surface area contributed by atoms with E-state index in [1.54, 1.807) is 12.1 Å². The van der Waals surface area contributed by atoms with Crippen molar-refractivity contribution >= 4 is 18.4 Å². The van der Waals surface area contributed by atoms with Crippen molar-refractivity contribution in [3.05, 3.63) is 59.7 Å². The Bertz CT molecular complexity index is 907. The van der Waals surface area contributed by atoms with E-state index in [-0.39, 0.29) is 11.6 Å². The van der Waals surface area contributed by atoms with Crippen LogP contribution in [0.15, 0.2) is 53.4 Å². The second kappa shape index (κ2) is 12.1. The van der Waals surface area contributed by atoms with Gasteiger partial charge in [-0.15, -0.1) is 0 Å². The molecule has 0 bridgehead atoms. The standard InChI is InChI=1S/C18H30NO5PS.C6H6/c1-5-7-8-18(6-2)12-26(23)17-9-14(11-25(20,21)22)16(24-4)10-15(17)13(3)19-18;1-2-4-6-5-3-1/h9-10,13,19H,5-8,11-12H2,1-4H3,(H2,20,21,22);1-6H/t13-,18-,26?;/m1./s1. The molecule has 0 saturated heterocycles. The number of nitrogens with one attached hydrogen (secondary N) is 1. The van der Waals surface area contributed by atoms with E-state index in [0.29, 0.717) is 22.0 Å². The molecule has 0 spiro atoms. The topological polar surface area (TPSA) is 95.9 Å². The highest BCUT2D eigenvalue weighted by Gasteiger charge is 2.37. The van der Waals surface area contributed by atoms with Crippen LogP contribution in [0, 0.1) is 0 Å². The van der Waals surface area contributed by atoms with Gasteiger partial charge in [-0.25, -0.2) is 0 Å². The second-order valence-corrected chi connectivity index (χ2v) is 11.3. The van der Waals surface area contributed by atoms with Crippen LogP contribution in [0.25, 0.3) is 0 Å². The summed E-state index contributed by atoms with van der Waals surface area (Å²) in [6, 6.07) is 15.4. The van der Waals surface area contributed by atoms with Gasteiger partial charge in [0.1, 0.15) is 5.75 Å². The Morgan fingerprint density at radius 2 is 1.75 bits per heavy atom. The molecule has 32 heavy (non-hydrogen) atoms. The highest BCUT2D eigenvalue weighted by atomic mass is 32.2. The molecule has 1 aliphatic rings. The SMILES string of the molecule is CCCC[C@]1(CC)CS(=O)c2cc(CP(=O)(O)O)c(OC)cc2[C@@H](C)N1.c1ccccc1. The maximum atomic E-state index is 13.1. The van der Waals surface area contributed by atoms with Crippen LogP contribution in [0.5, 0.6) is 5.75 Å². The molecule has 0 aliphatic carbocycles. The summed E-state index contributed by atoms with van der Waals surface area (Å²) in [7, 11) is -4.02.